The van der Waals surface area contributed by atoms with Crippen LogP contribution in [0.25, 0.3) is 16.5 Å². The Kier molecular flexibility index (Phi) is 4.85. The van der Waals surface area contributed by atoms with Gasteiger partial charge in [-0.05, 0) is 47.2 Å². The van der Waals surface area contributed by atoms with Gasteiger partial charge < -0.3 is 4.57 Å². The van der Waals surface area contributed by atoms with Crippen LogP contribution in [0.3, 0.4) is 0 Å². The minimum Gasteiger partial charge on any atom is -0.316 e. The second-order valence-corrected chi connectivity index (χ2v) is 6.92. The van der Waals surface area contributed by atoms with E-state index in [0.29, 0.717) is 5.56 Å². The molecular formula is C22H16BrN3O. The van der Waals surface area contributed by atoms with Gasteiger partial charge in [-0.2, -0.15) is 5.10 Å². The first kappa shape index (κ1) is 17.2. The number of nitrogens with zero attached hydrogens (tertiary/aromatic N) is 2. The van der Waals surface area contributed by atoms with E-state index in [4.69, 9.17) is 0 Å². The third kappa shape index (κ3) is 3.68. The number of rotatable bonds is 4. The van der Waals surface area contributed by atoms with Gasteiger partial charge in [0.2, 0.25) is 0 Å². The molecule has 0 fully saturated rings. The molecule has 1 amide bonds. The van der Waals surface area contributed by atoms with Crippen molar-refractivity contribution in [3.8, 4) is 5.69 Å². The van der Waals surface area contributed by atoms with Crippen molar-refractivity contribution in [2.75, 3.05) is 0 Å². The third-order valence-corrected chi connectivity index (χ3v) is 4.76. The van der Waals surface area contributed by atoms with Gasteiger partial charge in [0.15, 0.2) is 0 Å². The van der Waals surface area contributed by atoms with Crippen LogP contribution in [0.15, 0.2) is 94.6 Å². The average Bonchev–Trinajstić information content (AvgIpc) is 3.16. The first-order valence-corrected chi connectivity index (χ1v) is 9.26. The predicted molar refractivity (Wildman–Crippen MR) is 112 cm³/mol. The van der Waals surface area contributed by atoms with Crippen LogP contribution in [0.4, 0.5) is 0 Å². The fourth-order valence-electron chi connectivity index (χ4n) is 3.00. The molecule has 5 heteroatoms. The van der Waals surface area contributed by atoms with Crippen LogP contribution in [0.1, 0.15) is 16.1 Å². The maximum Gasteiger partial charge on any atom is 0.271 e. The summed E-state index contributed by atoms with van der Waals surface area (Å²) in [4.78, 5) is 12.5. The molecule has 0 aliphatic heterocycles. The number of aromatic nitrogens is 1. The lowest BCUT2D eigenvalue weighted by Gasteiger charge is -2.07. The molecule has 0 saturated carbocycles. The Balaban J connectivity index is 1.55. The van der Waals surface area contributed by atoms with Crippen LogP contribution in [0.2, 0.25) is 0 Å². The Hall–Kier alpha value is -3.18. The Morgan fingerprint density at radius 1 is 0.963 bits per heavy atom. The van der Waals surface area contributed by atoms with Gasteiger partial charge in [-0.15, -0.1) is 0 Å². The molecule has 27 heavy (non-hydrogen) atoms. The topological polar surface area (TPSA) is 46.4 Å². The minimum absolute atomic E-state index is 0.233. The lowest BCUT2D eigenvalue weighted by Crippen LogP contribution is -2.18. The summed E-state index contributed by atoms with van der Waals surface area (Å²) in [5.41, 5.74) is 5.11. The van der Waals surface area contributed by atoms with Crippen molar-refractivity contribution in [3.63, 3.8) is 0 Å². The summed E-state index contributed by atoms with van der Waals surface area (Å²) in [7, 11) is 0. The van der Waals surface area contributed by atoms with Crippen LogP contribution in [0, 0.1) is 0 Å². The summed E-state index contributed by atoms with van der Waals surface area (Å²) in [5.74, 6) is -0.233. The zero-order valence-corrected chi connectivity index (χ0v) is 15.9. The molecule has 4 aromatic rings. The second-order valence-electron chi connectivity index (χ2n) is 6.01. The highest BCUT2D eigenvalue weighted by Gasteiger charge is 2.08. The lowest BCUT2D eigenvalue weighted by atomic mass is 10.0. The van der Waals surface area contributed by atoms with Crippen LogP contribution in [0.5, 0.6) is 0 Å². The summed E-state index contributed by atoms with van der Waals surface area (Å²) in [6, 6.07) is 25.3. The maximum absolute atomic E-state index is 12.5. The molecule has 132 valence electrons. The minimum atomic E-state index is -0.233. The first-order chi connectivity index (χ1) is 13.2. The van der Waals surface area contributed by atoms with Crippen molar-refractivity contribution in [1.82, 2.24) is 9.99 Å². The normalized spacial score (nSPS) is 11.1. The number of carbonyl (C=O) groups is 1. The first-order valence-electron chi connectivity index (χ1n) is 8.47. The molecule has 0 saturated heterocycles. The van der Waals surface area contributed by atoms with Gasteiger partial charge in [0.1, 0.15) is 0 Å². The van der Waals surface area contributed by atoms with Gasteiger partial charge >= 0.3 is 0 Å². The molecule has 0 aliphatic rings. The van der Waals surface area contributed by atoms with Crippen LogP contribution < -0.4 is 5.43 Å². The number of amides is 1. The fraction of sp³-hybridized carbons (Fsp3) is 0. The standard InChI is InChI=1S/C22H16BrN3O/c23-17-8-4-9-18(14-17)26-13-5-10-19(26)15-24-25-22(27)21-12-3-7-16-6-1-2-11-20(16)21/h1-15H,(H,25,27)/b24-15-. The van der Waals surface area contributed by atoms with E-state index in [1.165, 1.54) is 0 Å². The number of hydrogen-bond acceptors (Lipinski definition) is 2. The van der Waals surface area contributed by atoms with E-state index in [0.717, 1.165) is 26.6 Å². The molecule has 0 unspecified atom stereocenters. The highest BCUT2D eigenvalue weighted by atomic mass is 79.9. The average molecular weight is 418 g/mol. The molecule has 4 rings (SSSR count). The van der Waals surface area contributed by atoms with E-state index in [1.54, 1.807) is 12.3 Å². The van der Waals surface area contributed by atoms with Gasteiger partial charge in [-0.1, -0.05) is 58.4 Å². The van der Waals surface area contributed by atoms with Crippen molar-refractivity contribution < 1.29 is 4.79 Å². The van der Waals surface area contributed by atoms with Gasteiger partial charge in [0, 0.05) is 21.9 Å². The molecule has 1 aromatic heterocycles. The third-order valence-electron chi connectivity index (χ3n) is 4.26. The van der Waals surface area contributed by atoms with Gasteiger partial charge in [-0.3, -0.25) is 4.79 Å². The predicted octanol–water partition coefficient (Wildman–Crippen LogP) is 5.16. The summed E-state index contributed by atoms with van der Waals surface area (Å²) in [6.45, 7) is 0. The zero-order chi connectivity index (χ0) is 18.6. The number of hydrazone groups is 1. The number of fused-ring (bicyclic) bond motifs is 1. The summed E-state index contributed by atoms with van der Waals surface area (Å²) in [6.07, 6.45) is 3.60. The molecule has 4 nitrogen and oxygen atoms in total. The molecule has 0 bridgehead atoms. The van der Waals surface area contributed by atoms with Crippen molar-refractivity contribution >= 4 is 38.8 Å². The fourth-order valence-corrected chi connectivity index (χ4v) is 3.39. The number of benzene rings is 3. The molecule has 0 spiro atoms. The van der Waals surface area contributed by atoms with Crippen LogP contribution in [-0.4, -0.2) is 16.7 Å². The Bertz CT molecular complexity index is 1140. The summed E-state index contributed by atoms with van der Waals surface area (Å²) >= 11 is 3.49. The summed E-state index contributed by atoms with van der Waals surface area (Å²) < 4.78 is 3.00. The van der Waals surface area contributed by atoms with Gasteiger partial charge in [0.25, 0.3) is 5.91 Å². The maximum atomic E-state index is 12.5. The van der Waals surface area contributed by atoms with Crippen molar-refractivity contribution in [1.29, 1.82) is 0 Å². The van der Waals surface area contributed by atoms with Crippen molar-refractivity contribution in [2.45, 2.75) is 0 Å². The van der Waals surface area contributed by atoms with Gasteiger partial charge in [-0.25, -0.2) is 5.43 Å². The van der Waals surface area contributed by atoms with Gasteiger partial charge in [0.05, 0.1) is 11.9 Å². The van der Waals surface area contributed by atoms with E-state index < -0.39 is 0 Å². The molecule has 0 radical (unpaired) electrons. The number of hydrogen-bond donors (Lipinski definition) is 1. The number of carbonyl (C=O) groups excluding carboxylic acids is 1. The Morgan fingerprint density at radius 3 is 2.67 bits per heavy atom. The van der Waals surface area contributed by atoms with E-state index in [1.807, 2.05) is 83.6 Å². The number of nitrogens with one attached hydrogen (secondary N) is 1. The molecule has 1 heterocycles. The monoisotopic (exact) mass is 417 g/mol. The van der Waals surface area contributed by atoms with Crippen molar-refractivity contribution in [3.05, 3.63) is 101 Å². The smallest absolute Gasteiger partial charge is 0.271 e. The second kappa shape index (κ2) is 7.60. The Labute approximate surface area is 165 Å². The van der Waals surface area contributed by atoms with E-state index in [9.17, 15) is 4.79 Å². The lowest BCUT2D eigenvalue weighted by molar-refractivity contribution is 0.0957. The highest BCUT2D eigenvalue weighted by molar-refractivity contribution is 9.10. The van der Waals surface area contributed by atoms with Crippen molar-refractivity contribution in [2.24, 2.45) is 5.10 Å². The molecular weight excluding hydrogens is 402 g/mol. The van der Waals surface area contributed by atoms with Crippen LogP contribution >= 0.6 is 15.9 Å². The molecule has 3 aromatic carbocycles. The quantitative estimate of drug-likeness (QED) is 0.361. The largest absolute Gasteiger partial charge is 0.316 e. The van der Waals surface area contributed by atoms with E-state index in [2.05, 4.69) is 26.5 Å². The summed E-state index contributed by atoms with van der Waals surface area (Å²) in [5, 5.41) is 6.08. The molecule has 1 N–H and O–H groups in total. The number of halogens is 1. The van der Waals surface area contributed by atoms with Crippen LogP contribution in [-0.2, 0) is 0 Å². The zero-order valence-electron chi connectivity index (χ0n) is 14.3. The van der Waals surface area contributed by atoms with E-state index >= 15 is 0 Å². The Morgan fingerprint density at radius 2 is 1.78 bits per heavy atom. The molecule has 0 aliphatic carbocycles. The SMILES string of the molecule is O=C(N/N=C\c1cccn1-c1cccc(Br)c1)c1cccc2ccccc12. The van der Waals surface area contributed by atoms with E-state index in [-0.39, 0.29) is 5.91 Å². The highest BCUT2D eigenvalue weighted by Crippen LogP contribution is 2.19. The molecule has 0 atom stereocenters.